The molecule has 7 heteroatoms. The second-order valence-corrected chi connectivity index (χ2v) is 5.91. The molecule has 1 aromatic carbocycles. The summed E-state index contributed by atoms with van der Waals surface area (Å²) in [6.45, 7) is 2.97. The van der Waals surface area contributed by atoms with Gasteiger partial charge in [0.05, 0.1) is 12.5 Å². The number of piperidine rings is 1. The van der Waals surface area contributed by atoms with Crippen molar-refractivity contribution in [2.45, 2.75) is 32.3 Å². The van der Waals surface area contributed by atoms with Crippen LogP contribution in [0.15, 0.2) is 24.3 Å². The van der Waals surface area contributed by atoms with E-state index in [1.54, 1.807) is 12.1 Å². The lowest BCUT2D eigenvalue weighted by atomic mass is 9.99. The van der Waals surface area contributed by atoms with Gasteiger partial charge in [0.25, 0.3) is 0 Å². The summed E-state index contributed by atoms with van der Waals surface area (Å²) in [6.07, 6.45) is 1.64. The summed E-state index contributed by atoms with van der Waals surface area (Å²) in [5, 5.41) is 11.8. The molecule has 1 aliphatic heterocycles. The minimum Gasteiger partial charge on any atom is -0.489 e. The van der Waals surface area contributed by atoms with Gasteiger partial charge in [-0.05, 0) is 31.4 Å². The van der Waals surface area contributed by atoms with Crippen LogP contribution >= 0.6 is 0 Å². The zero-order chi connectivity index (χ0) is 17.5. The number of urea groups is 1. The average molecular weight is 338 g/mol. The van der Waals surface area contributed by atoms with Crippen molar-refractivity contribution in [3.8, 4) is 5.75 Å². The quantitative estimate of drug-likeness (QED) is 0.835. The van der Waals surface area contributed by atoms with Crippen LogP contribution in [0.4, 0.5) is 9.18 Å². The molecule has 0 bridgehead atoms. The molecule has 1 aliphatic rings. The maximum absolute atomic E-state index is 13.2. The highest BCUT2D eigenvalue weighted by Gasteiger charge is 2.28. The zero-order valence-corrected chi connectivity index (χ0v) is 13.7. The number of aliphatic carboxylic acids is 1. The van der Waals surface area contributed by atoms with Crippen molar-refractivity contribution in [1.82, 2.24) is 10.2 Å². The van der Waals surface area contributed by atoms with E-state index in [4.69, 9.17) is 9.84 Å². The lowest BCUT2D eigenvalue weighted by Gasteiger charge is -2.31. The fourth-order valence-electron chi connectivity index (χ4n) is 2.68. The van der Waals surface area contributed by atoms with Gasteiger partial charge in [0.1, 0.15) is 17.7 Å². The van der Waals surface area contributed by atoms with Crippen molar-refractivity contribution in [1.29, 1.82) is 0 Å². The third-order valence-electron chi connectivity index (χ3n) is 4.09. The van der Waals surface area contributed by atoms with Crippen LogP contribution in [0, 0.1) is 11.7 Å². The number of benzene rings is 1. The van der Waals surface area contributed by atoms with E-state index in [2.05, 4.69) is 5.32 Å². The summed E-state index contributed by atoms with van der Waals surface area (Å²) in [5.41, 5.74) is 0. The maximum Gasteiger partial charge on any atom is 0.317 e. The number of likely N-dealkylation sites (tertiary alicyclic amines) is 1. The zero-order valence-electron chi connectivity index (χ0n) is 13.7. The smallest absolute Gasteiger partial charge is 0.317 e. The predicted molar refractivity (Wildman–Crippen MR) is 86.4 cm³/mol. The van der Waals surface area contributed by atoms with Crippen molar-refractivity contribution in [2.75, 3.05) is 19.6 Å². The fourth-order valence-corrected chi connectivity index (χ4v) is 2.68. The van der Waals surface area contributed by atoms with Crippen LogP contribution in [0.1, 0.15) is 26.2 Å². The molecule has 2 rings (SSSR count). The molecule has 24 heavy (non-hydrogen) atoms. The van der Waals surface area contributed by atoms with Gasteiger partial charge in [0.15, 0.2) is 0 Å². The molecule has 0 saturated carbocycles. The molecule has 2 atom stereocenters. The van der Waals surface area contributed by atoms with Gasteiger partial charge >= 0.3 is 12.0 Å². The number of carbonyl (C=O) groups is 2. The Labute approximate surface area is 140 Å². The van der Waals surface area contributed by atoms with Crippen LogP contribution in [0.5, 0.6) is 5.75 Å². The Hall–Kier alpha value is -2.31. The van der Waals surface area contributed by atoms with Gasteiger partial charge in [-0.15, -0.1) is 0 Å². The summed E-state index contributed by atoms with van der Waals surface area (Å²) < 4.78 is 18.9. The first kappa shape index (κ1) is 18.0. The van der Waals surface area contributed by atoms with Crippen LogP contribution in [-0.4, -0.2) is 47.7 Å². The summed E-state index contributed by atoms with van der Waals surface area (Å²) in [5.74, 6) is -1.33. The number of carboxylic acids is 1. The Kier molecular flexibility index (Phi) is 6.40. The molecule has 1 fully saturated rings. The molecule has 6 nitrogen and oxygen atoms in total. The summed E-state index contributed by atoms with van der Waals surface area (Å²) in [6, 6.07) is 5.57. The van der Waals surface area contributed by atoms with Crippen LogP contribution in [0.3, 0.4) is 0 Å². The number of amides is 2. The van der Waals surface area contributed by atoms with Gasteiger partial charge in [-0.3, -0.25) is 4.79 Å². The largest absolute Gasteiger partial charge is 0.489 e. The van der Waals surface area contributed by atoms with Crippen molar-refractivity contribution >= 4 is 12.0 Å². The molecule has 0 radical (unpaired) electrons. The Morgan fingerprint density at radius 3 is 2.96 bits per heavy atom. The second kappa shape index (κ2) is 8.52. The average Bonchev–Trinajstić information content (AvgIpc) is 2.58. The first-order chi connectivity index (χ1) is 11.5. The summed E-state index contributed by atoms with van der Waals surface area (Å²) >= 11 is 0. The molecular formula is C17H23FN2O4. The summed E-state index contributed by atoms with van der Waals surface area (Å²) in [4.78, 5) is 24.8. The van der Waals surface area contributed by atoms with E-state index in [0.29, 0.717) is 31.6 Å². The number of carbonyl (C=O) groups excluding carboxylic acids is 1. The molecule has 0 aromatic heterocycles. The highest BCUT2D eigenvalue weighted by atomic mass is 19.1. The van der Waals surface area contributed by atoms with Crippen molar-refractivity contribution < 1.29 is 23.8 Å². The van der Waals surface area contributed by atoms with E-state index in [1.165, 1.54) is 17.0 Å². The lowest BCUT2D eigenvalue weighted by Crippen LogP contribution is -2.49. The number of hydrogen-bond donors (Lipinski definition) is 2. The van der Waals surface area contributed by atoms with Crippen molar-refractivity contribution in [3.63, 3.8) is 0 Å². The van der Waals surface area contributed by atoms with Gasteiger partial charge in [-0.25, -0.2) is 9.18 Å². The predicted octanol–water partition coefficient (Wildman–Crippen LogP) is 2.49. The number of rotatable bonds is 6. The molecule has 2 N–H and O–H groups in total. The molecule has 1 aromatic rings. The Morgan fingerprint density at radius 2 is 2.29 bits per heavy atom. The van der Waals surface area contributed by atoms with Crippen LogP contribution in [0.2, 0.25) is 0 Å². The number of nitrogens with zero attached hydrogens (tertiary/aromatic N) is 1. The topological polar surface area (TPSA) is 78.9 Å². The Balaban J connectivity index is 1.83. The molecule has 0 aliphatic carbocycles. The minimum absolute atomic E-state index is 0.225. The lowest BCUT2D eigenvalue weighted by molar-refractivity contribution is -0.143. The van der Waals surface area contributed by atoms with Gasteiger partial charge in [-0.2, -0.15) is 0 Å². The highest BCUT2D eigenvalue weighted by Crippen LogP contribution is 2.17. The fraction of sp³-hybridized carbons (Fsp3) is 0.529. The molecule has 0 spiro atoms. The van der Waals surface area contributed by atoms with Crippen LogP contribution in [-0.2, 0) is 4.79 Å². The van der Waals surface area contributed by atoms with Gasteiger partial charge < -0.3 is 20.1 Å². The van der Waals surface area contributed by atoms with E-state index in [0.717, 1.165) is 0 Å². The SMILES string of the molecule is CCC(CNC(=O)N1CCCC(C(=O)O)C1)Oc1cccc(F)c1. The van der Waals surface area contributed by atoms with Crippen LogP contribution < -0.4 is 10.1 Å². The van der Waals surface area contributed by atoms with Crippen molar-refractivity contribution in [3.05, 3.63) is 30.1 Å². The minimum atomic E-state index is -0.867. The molecule has 2 amide bonds. The normalized spacial score (nSPS) is 18.8. The second-order valence-electron chi connectivity index (χ2n) is 5.91. The monoisotopic (exact) mass is 338 g/mol. The van der Waals surface area contributed by atoms with Crippen molar-refractivity contribution in [2.24, 2.45) is 5.92 Å². The van der Waals surface area contributed by atoms with E-state index in [1.807, 2.05) is 6.92 Å². The van der Waals surface area contributed by atoms with E-state index < -0.39 is 11.9 Å². The molecule has 132 valence electrons. The molecule has 2 unspecified atom stereocenters. The first-order valence-electron chi connectivity index (χ1n) is 8.17. The number of ether oxygens (including phenoxy) is 1. The van der Waals surface area contributed by atoms with E-state index >= 15 is 0 Å². The number of halogens is 1. The molecule has 1 heterocycles. The number of hydrogen-bond acceptors (Lipinski definition) is 3. The van der Waals surface area contributed by atoms with Gasteiger partial charge in [-0.1, -0.05) is 13.0 Å². The van der Waals surface area contributed by atoms with E-state index in [9.17, 15) is 14.0 Å². The third-order valence-corrected chi connectivity index (χ3v) is 4.09. The number of carboxylic acid groups (broad SMARTS) is 1. The Bertz CT molecular complexity index is 581. The summed E-state index contributed by atoms with van der Waals surface area (Å²) in [7, 11) is 0. The number of nitrogens with one attached hydrogen (secondary N) is 1. The standard InChI is InChI=1S/C17H23FN2O4/c1-2-14(24-15-7-3-6-13(18)9-15)10-19-17(23)20-8-4-5-12(11-20)16(21)22/h3,6-7,9,12,14H,2,4-5,8,10-11H2,1H3,(H,19,23)(H,21,22). The third kappa shape index (κ3) is 5.11. The maximum atomic E-state index is 13.2. The highest BCUT2D eigenvalue weighted by molar-refractivity contribution is 5.76. The Morgan fingerprint density at radius 1 is 1.50 bits per heavy atom. The first-order valence-corrected chi connectivity index (χ1v) is 8.17. The molecular weight excluding hydrogens is 315 g/mol. The van der Waals surface area contributed by atoms with Crippen LogP contribution in [0.25, 0.3) is 0 Å². The molecule has 1 saturated heterocycles. The van der Waals surface area contributed by atoms with Gasteiger partial charge in [0.2, 0.25) is 0 Å². The van der Waals surface area contributed by atoms with E-state index in [-0.39, 0.29) is 31.0 Å². The van der Waals surface area contributed by atoms with Gasteiger partial charge in [0, 0.05) is 19.2 Å².